The highest BCUT2D eigenvalue weighted by Crippen LogP contribution is 2.02. The van der Waals surface area contributed by atoms with Crippen molar-refractivity contribution in [2.75, 3.05) is 26.4 Å². The van der Waals surface area contributed by atoms with Gasteiger partial charge >= 0.3 is 0 Å². The first-order valence-corrected chi connectivity index (χ1v) is 5.59. The zero-order chi connectivity index (χ0) is 10.1. The molecule has 0 aliphatic rings. The largest absolute Gasteiger partial charge is 0.394 e. The van der Waals surface area contributed by atoms with Crippen LogP contribution in [0.3, 0.4) is 0 Å². The van der Waals surface area contributed by atoms with Crippen LogP contribution >= 0.6 is 11.3 Å². The molecule has 1 rings (SSSR count). The lowest BCUT2D eigenvalue weighted by Gasteiger charge is -2.03. The lowest BCUT2D eigenvalue weighted by Crippen LogP contribution is -2.16. The molecule has 0 spiro atoms. The molecule has 0 unspecified atom stereocenters. The lowest BCUT2D eigenvalue weighted by atomic mass is 10.4. The van der Waals surface area contributed by atoms with Gasteiger partial charge in [0.05, 0.1) is 13.2 Å². The van der Waals surface area contributed by atoms with Crippen LogP contribution in [0.15, 0.2) is 11.6 Å². The molecule has 2 N–H and O–H groups in total. The van der Waals surface area contributed by atoms with Crippen molar-refractivity contribution in [2.45, 2.75) is 13.0 Å². The van der Waals surface area contributed by atoms with Gasteiger partial charge in [-0.1, -0.05) is 0 Å². The molecule has 5 heteroatoms. The molecule has 1 aromatic rings. The van der Waals surface area contributed by atoms with Gasteiger partial charge in [0.1, 0.15) is 5.01 Å². The first-order chi connectivity index (χ1) is 6.93. The summed E-state index contributed by atoms with van der Waals surface area (Å²) in [5, 5.41) is 14.8. The van der Waals surface area contributed by atoms with Crippen molar-refractivity contribution in [3.05, 3.63) is 16.6 Å². The molecule has 0 bridgehead atoms. The first kappa shape index (κ1) is 11.6. The molecule has 80 valence electrons. The molecule has 0 aliphatic carbocycles. The second kappa shape index (κ2) is 7.87. The van der Waals surface area contributed by atoms with Gasteiger partial charge in [-0.15, -0.1) is 11.3 Å². The fraction of sp³-hybridized carbons (Fsp3) is 0.667. The smallest absolute Gasteiger partial charge is 0.106 e. The highest BCUT2D eigenvalue weighted by Gasteiger charge is 1.93. The number of ether oxygens (including phenoxy) is 1. The van der Waals surface area contributed by atoms with Gasteiger partial charge in [-0.05, 0) is 13.0 Å². The van der Waals surface area contributed by atoms with E-state index in [0.717, 1.165) is 24.5 Å². The van der Waals surface area contributed by atoms with E-state index in [-0.39, 0.29) is 6.61 Å². The topological polar surface area (TPSA) is 54.4 Å². The Kier molecular flexibility index (Phi) is 6.51. The average molecular weight is 216 g/mol. The van der Waals surface area contributed by atoms with Gasteiger partial charge in [0.15, 0.2) is 0 Å². The summed E-state index contributed by atoms with van der Waals surface area (Å²) in [5.41, 5.74) is 0. The maximum absolute atomic E-state index is 8.45. The Balaban J connectivity index is 1.85. The molecule has 1 aromatic heterocycles. The van der Waals surface area contributed by atoms with Gasteiger partial charge in [0.2, 0.25) is 0 Å². The quantitative estimate of drug-likeness (QED) is 0.626. The van der Waals surface area contributed by atoms with Gasteiger partial charge in [0, 0.05) is 24.7 Å². The van der Waals surface area contributed by atoms with E-state index in [1.54, 1.807) is 11.3 Å². The maximum Gasteiger partial charge on any atom is 0.106 e. The number of hydrogen-bond donors (Lipinski definition) is 2. The Morgan fingerprint density at radius 3 is 3.14 bits per heavy atom. The van der Waals surface area contributed by atoms with Crippen molar-refractivity contribution in [2.24, 2.45) is 0 Å². The van der Waals surface area contributed by atoms with Gasteiger partial charge in [-0.3, -0.25) is 0 Å². The van der Waals surface area contributed by atoms with E-state index < -0.39 is 0 Å². The zero-order valence-electron chi connectivity index (χ0n) is 8.11. The Hall–Kier alpha value is -0.490. The van der Waals surface area contributed by atoms with E-state index in [1.165, 1.54) is 0 Å². The van der Waals surface area contributed by atoms with Crippen LogP contribution in [0.2, 0.25) is 0 Å². The van der Waals surface area contributed by atoms with Crippen molar-refractivity contribution in [1.29, 1.82) is 0 Å². The van der Waals surface area contributed by atoms with Crippen molar-refractivity contribution < 1.29 is 9.84 Å². The van der Waals surface area contributed by atoms with Crippen LogP contribution in [0.5, 0.6) is 0 Å². The summed E-state index contributed by atoms with van der Waals surface area (Å²) < 4.78 is 5.12. The van der Waals surface area contributed by atoms with Gasteiger partial charge in [-0.2, -0.15) is 0 Å². The van der Waals surface area contributed by atoms with Crippen LogP contribution in [-0.2, 0) is 11.3 Å². The van der Waals surface area contributed by atoms with Crippen molar-refractivity contribution in [1.82, 2.24) is 10.3 Å². The van der Waals surface area contributed by atoms with E-state index in [9.17, 15) is 0 Å². The standard InChI is InChI=1S/C9H16N2O2S/c12-4-6-13-5-1-2-10-8-9-11-3-7-14-9/h3,7,10,12H,1-2,4-6,8H2. The predicted octanol–water partition coefficient (Wildman–Crippen LogP) is 0.632. The molecule has 0 radical (unpaired) electrons. The minimum absolute atomic E-state index is 0.104. The summed E-state index contributed by atoms with van der Waals surface area (Å²) >= 11 is 1.66. The third-order valence-electron chi connectivity index (χ3n) is 1.64. The van der Waals surface area contributed by atoms with Crippen LogP contribution in [0.1, 0.15) is 11.4 Å². The normalized spacial score (nSPS) is 10.6. The molecule has 14 heavy (non-hydrogen) atoms. The molecule has 1 heterocycles. The molecular weight excluding hydrogens is 200 g/mol. The van der Waals surface area contributed by atoms with Crippen LogP contribution < -0.4 is 5.32 Å². The Morgan fingerprint density at radius 1 is 1.50 bits per heavy atom. The Morgan fingerprint density at radius 2 is 2.43 bits per heavy atom. The molecule has 0 atom stereocenters. The van der Waals surface area contributed by atoms with Crippen LogP contribution in [0.4, 0.5) is 0 Å². The summed E-state index contributed by atoms with van der Waals surface area (Å²) in [7, 11) is 0. The second-order valence-electron chi connectivity index (χ2n) is 2.79. The predicted molar refractivity (Wildman–Crippen MR) is 56.3 cm³/mol. The number of hydrogen-bond acceptors (Lipinski definition) is 5. The molecule has 0 amide bonds. The monoisotopic (exact) mass is 216 g/mol. The van der Waals surface area contributed by atoms with E-state index in [0.29, 0.717) is 13.2 Å². The maximum atomic E-state index is 8.45. The highest BCUT2D eigenvalue weighted by molar-refractivity contribution is 7.09. The highest BCUT2D eigenvalue weighted by atomic mass is 32.1. The number of aliphatic hydroxyl groups excluding tert-OH is 1. The lowest BCUT2D eigenvalue weighted by molar-refractivity contribution is 0.0907. The van der Waals surface area contributed by atoms with E-state index in [2.05, 4.69) is 10.3 Å². The zero-order valence-corrected chi connectivity index (χ0v) is 8.92. The third kappa shape index (κ3) is 5.29. The number of aromatic nitrogens is 1. The average Bonchev–Trinajstić information content (AvgIpc) is 2.69. The van der Waals surface area contributed by atoms with Crippen molar-refractivity contribution in [3.8, 4) is 0 Å². The SMILES string of the molecule is OCCOCCCNCc1nccs1. The van der Waals surface area contributed by atoms with Gasteiger partial charge < -0.3 is 15.2 Å². The minimum Gasteiger partial charge on any atom is -0.394 e. The molecule has 0 aromatic carbocycles. The Bertz CT molecular complexity index is 217. The molecule has 0 saturated carbocycles. The number of rotatable bonds is 8. The summed E-state index contributed by atoms with van der Waals surface area (Å²) in [6.07, 6.45) is 2.78. The van der Waals surface area contributed by atoms with E-state index >= 15 is 0 Å². The van der Waals surface area contributed by atoms with Crippen LogP contribution in [0, 0.1) is 0 Å². The van der Waals surface area contributed by atoms with Gasteiger partial charge in [0.25, 0.3) is 0 Å². The second-order valence-corrected chi connectivity index (χ2v) is 3.77. The van der Waals surface area contributed by atoms with Crippen molar-refractivity contribution >= 4 is 11.3 Å². The first-order valence-electron chi connectivity index (χ1n) is 4.71. The molecule has 0 aliphatic heterocycles. The summed E-state index contributed by atoms with van der Waals surface area (Å²) in [5.74, 6) is 0. The number of aliphatic hydroxyl groups is 1. The van der Waals surface area contributed by atoms with Crippen LogP contribution in [-0.4, -0.2) is 36.5 Å². The van der Waals surface area contributed by atoms with E-state index in [4.69, 9.17) is 9.84 Å². The summed E-state index contributed by atoms with van der Waals surface area (Å²) in [6, 6.07) is 0. The fourth-order valence-corrected chi connectivity index (χ4v) is 1.59. The molecule has 0 fully saturated rings. The Labute approximate surface area is 87.9 Å². The fourth-order valence-electron chi connectivity index (χ4n) is 1.00. The molecular formula is C9H16N2O2S. The third-order valence-corrected chi connectivity index (χ3v) is 2.42. The van der Waals surface area contributed by atoms with E-state index in [1.807, 2.05) is 11.6 Å². The van der Waals surface area contributed by atoms with Crippen molar-refractivity contribution in [3.63, 3.8) is 0 Å². The van der Waals surface area contributed by atoms with Gasteiger partial charge in [-0.25, -0.2) is 4.98 Å². The minimum atomic E-state index is 0.104. The molecule has 0 saturated heterocycles. The number of thiazole rings is 1. The van der Waals surface area contributed by atoms with Crippen LogP contribution in [0.25, 0.3) is 0 Å². The summed E-state index contributed by atoms with van der Waals surface area (Å²) in [6.45, 7) is 2.99. The number of nitrogens with zero attached hydrogens (tertiary/aromatic N) is 1. The number of nitrogens with one attached hydrogen (secondary N) is 1. The summed E-state index contributed by atoms with van der Waals surface area (Å²) in [4.78, 5) is 4.16. The molecule has 4 nitrogen and oxygen atoms in total.